The number of anilines is 2. The third-order valence-corrected chi connectivity index (χ3v) is 13.5. The largest absolute Gasteiger partial charge is 0.494 e. The van der Waals surface area contributed by atoms with E-state index in [2.05, 4.69) is 43.2 Å². The molecule has 2 saturated heterocycles. The highest BCUT2D eigenvalue weighted by molar-refractivity contribution is 6.08. The molecule has 5 amide bonds. The van der Waals surface area contributed by atoms with E-state index in [1.807, 2.05) is 49.4 Å². The number of fused-ring (bicyclic) bond motifs is 1. The van der Waals surface area contributed by atoms with E-state index >= 15 is 0 Å². The Bertz CT molecular complexity index is 2600. The van der Waals surface area contributed by atoms with Crippen LogP contribution in [0.2, 0.25) is 0 Å². The van der Waals surface area contributed by atoms with Gasteiger partial charge in [-0.2, -0.15) is 0 Å². The molecule has 19 heteroatoms. The van der Waals surface area contributed by atoms with Crippen LogP contribution in [-0.4, -0.2) is 134 Å². The molecule has 3 aliphatic heterocycles. The molecular formula is C55H70N10O9. The van der Waals surface area contributed by atoms with Gasteiger partial charge in [-0.3, -0.25) is 39.7 Å². The molecule has 4 aromatic rings. The molecule has 7 N–H and O–H groups in total. The number of unbranched alkanes of at least 4 members (excludes halogenated alkanes) is 3. The number of piperidine rings is 2. The normalized spacial score (nSPS) is 17.1. The number of aromatic nitrogens is 1. The van der Waals surface area contributed by atoms with Gasteiger partial charge in [-0.1, -0.05) is 30.7 Å². The van der Waals surface area contributed by atoms with Crippen molar-refractivity contribution in [2.24, 2.45) is 10.7 Å². The molecule has 0 radical (unpaired) electrons. The van der Waals surface area contributed by atoms with Gasteiger partial charge in [0.05, 0.1) is 44.6 Å². The molecule has 4 heterocycles. The first-order chi connectivity index (χ1) is 35.9. The van der Waals surface area contributed by atoms with E-state index in [0.717, 1.165) is 55.8 Å². The van der Waals surface area contributed by atoms with Crippen molar-refractivity contribution >= 4 is 52.6 Å². The van der Waals surface area contributed by atoms with E-state index in [4.69, 9.17) is 30.1 Å². The summed E-state index contributed by atoms with van der Waals surface area (Å²) in [6.07, 6.45) is 9.68. The summed E-state index contributed by atoms with van der Waals surface area (Å²) in [6.45, 7) is 7.13. The van der Waals surface area contributed by atoms with Crippen molar-refractivity contribution in [1.29, 1.82) is 5.41 Å². The fourth-order valence-electron chi connectivity index (χ4n) is 9.14. The van der Waals surface area contributed by atoms with Gasteiger partial charge in [0.25, 0.3) is 11.8 Å². The highest BCUT2D eigenvalue weighted by atomic mass is 16.5. The van der Waals surface area contributed by atoms with Crippen LogP contribution in [0.3, 0.4) is 0 Å². The van der Waals surface area contributed by atoms with Gasteiger partial charge in [0.15, 0.2) is 5.84 Å². The Balaban J connectivity index is 0.706. The molecule has 3 aromatic carbocycles. The number of nitrogens with zero attached hydrogens (tertiary/aromatic N) is 4. The number of nitrogens with one attached hydrogen (secondary N) is 5. The van der Waals surface area contributed by atoms with E-state index in [1.165, 1.54) is 4.90 Å². The number of benzene rings is 3. The van der Waals surface area contributed by atoms with Gasteiger partial charge in [-0.25, -0.2) is 4.99 Å². The first-order valence-electron chi connectivity index (χ1n) is 25.6. The molecular weight excluding hydrogens is 945 g/mol. The van der Waals surface area contributed by atoms with Crippen molar-refractivity contribution < 1.29 is 42.9 Å². The van der Waals surface area contributed by atoms with E-state index in [9.17, 15) is 24.0 Å². The number of aliphatic imine (C=N–C) groups is 1. The third-order valence-electron chi connectivity index (χ3n) is 13.5. The molecule has 2 unspecified atom stereocenters. The van der Waals surface area contributed by atoms with Gasteiger partial charge < -0.3 is 50.4 Å². The smallest absolute Gasteiger partial charge is 0.255 e. The molecule has 7 rings (SSSR count). The number of amides is 5. The summed E-state index contributed by atoms with van der Waals surface area (Å²) in [5, 5.41) is 20.5. The Hall–Kier alpha value is -7.06. The van der Waals surface area contributed by atoms with E-state index in [1.54, 1.807) is 48.8 Å². The van der Waals surface area contributed by atoms with Crippen LogP contribution in [0.15, 0.2) is 96.2 Å². The van der Waals surface area contributed by atoms with Crippen molar-refractivity contribution in [3.05, 3.63) is 119 Å². The minimum absolute atomic E-state index is 0.0679. The average molecular weight is 1020 g/mol. The maximum atomic E-state index is 13.6. The number of imide groups is 1. The number of amidine groups is 2. The molecule has 0 spiro atoms. The van der Waals surface area contributed by atoms with Crippen molar-refractivity contribution in [1.82, 2.24) is 25.4 Å². The standard InChI is InChI=1S/C55H70N10O9/c1-38(59-51(68)41-12-7-13-42(35-41)63-55(22-26-64(2)27-23-55)54(57)62-50(56)39-20-24-58-25-21-39)40-11-8-14-43(36-40)74-30-6-4-3-5-28-71-31-33-73-34-32-72-29-10-17-48(66)60-46-16-9-15-44-45(46)37-65(53(44)70)47-18-19-49(67)61-52(47)69/h7-9,11-16,20-21,24-25,35-36,38,47,63H,3-6,10,17-19,22-23,26-34,37H2,1-2H3,(H,59,68)(H,60,66)(H3,56,57,62)(H,61,67,69). The zero-order valence-electron chi connectivity index (χ0n) is 42.5. The quantitative estimate of drug-likeness (QED) is 0.0174. The third kappa shape index (κ3) is 15.5. The molecule has 0 aliphatic carbocycles. The van der Waals surface area contributed by atoms with Crippen LogP contribution in [0.4, 0.5) is 11.4 Å². The highest BCUT2D eigenvalue weighted by Crippen LogP contribution is 2.33. The lowest BCUT2D eigenvalue weighted by atomic mass is 9.85. The number of carbonyl (C=O) groups is 5. The summed E-state index contributed by atoms with van der Waals surface area (Å²) < 4.78 is 23.1. The summed E-state index contributed by atoms with van der Waals surface area (Å²) in [6, 6.07) is 22.8. The SMILES string of the molecule is CC(NC(=O)c1cccc(NC2(C(N)=NC(=N)c3ccncc3)CCN(C)CC2)c1)c1cccc(OCCCCCCOCCOCCOCCCC(=O)Nc2cccc3c2CN(C2CCC(=O)NC2=O)C3=O)c1. The predicted molar refractivity (Wildman–Crippen MR) is 281 cm³/mol. The molecule has 0 saturated carbocycles. The molecule has 3 aliphatic rings. The van der Waals surface area contributed by atoms with Crippen LogP contribution in [0.5, 0.6) is 5.75 Å². The number of hydrogen-bond acceptors (Lipinski definition) is 13. The minimum Gasteiger partial charge on any atom is -0.494 e. The molecule has 0 bridgehead atoms. The lowest BCUT2D eigenvalue weighted by Crippen LogP contribution is -2.56. The number of likely N-dealkylation sites (tertiary alicyclic amines) is 1. The first-order valence-corrected chi connectivity index (χ1v) is 25.6. The second kappa shape index (κ2) is 27.3. The summed E-state index contributed by atoms with van der Waals surface area (Å²) >= 11 is 0. The second-order valence-electron chi connectivity index (χ2n) is 18.9. The van der Waals surface area contributed by atoms with Gasteiger partial charge >= 0.3 is 0 Å². The number of hydrogen-bond donors (Lipinski definition) is 6. The maximum absolute atomic E-state index is 13.6. The van der Waals surface area contributed by atoms with Gasteiger partial charge in [0, 0.05) is 91.7 Å². The van der Waals surface area contributed by atoms with Crippen molar-refractivity contribution in [3.8, 4) is 5.75 Å². The Morgan fingerprint density at radius 2 is 1.54 bits per heavy atom. The summed E-state index contributed by atoms with van der Waals surface area (Å²) in [7, 11) is 2.07. The number of rotatable bonds is 27. The second-order valence-corrected chi connectivity index (χ2v) is 18.9. The van der Waals surface area contributed by atoms with Crippen LogP contribution in [0.25, 0.3) is 0 Å². The summed E-state index contributed by atoms with van der Waals surface area (Å²) in [5.74, 6) is -0.360. The molecule has 2 atom stereocenters. The van der Waals surface area contributed by atoms with Crippen LogP contribution in [0, 0.1) is 5.41 Å². The van der Waals surface area contributed by atoms with E-state index < -0.39 is 17.5 Å². The lowest BCUT2D eigenvalue weighted by Gasteiger charge is -2.41. The van der Waals surface area contributed by atoms with Gasteiger partial charge in [-0.15, -0.1) is 0 Å². The van der Waals surface area contributed by atoms with Crippen LogP contribution in [0.1, 0.15) is 115 Å². The Labute approximate surface area is 432 Å². The monoisotopic (exact) mass is 1010 g/mol. The number of ether oxygens (including phenoxy) is 4. The zero-order valence-corrected chi connectivity index (χ0v) is 42.5. The molecule has 74 heavy (non-hydrogen) atoms. The van der Waals surface area contributed by atoms with Crippen molar-refractivity contribution in [2.75, 3.05) is 77.0 Å². The lowest BCUT2D eigenvalue weighted by molar-refractivity contribution is -0.137. The average Bonchev–Trinajstić information content (AvgIpc) is 3.74. The number of pyridine rings is 1. The van der Waals surface area contributed by atoms with Crippen molar-refractivity contribution in [2.45, 2.75) is 95.3 Å². The fraction of sp³-hybridized carbons (Fsp3) is 0.455. The molecule has 394 valence electrons. The van der Waals surface area contributed by atoms with Gasteiger partial charge in [-0.05, 0) is 119 Å². The van der Waals surface area contributed by atoms with Crippen LogP contribution < -0.4 is 31.7 Å². The minimum atomic E-state index is -0.720. The highest BCUT2D eigenvalue weighted by Gasteiger charge is 2.40. The summed E-state index contributed by atoms with van der Waals surface area (Å²) in [4.78, 5) is 75.6. The zero-order chi connectivity index (χ0) is 52.3. The van der Waals surface area contributed by atoms with Crippen molar-refractivity contribution in [3.63, 3.8) is 0 Å². The topological polar surface area (TPSA) is 252 Å². The number of carbonyl (C=O) groups excluding carboxylic acids is 5. The van der Waals surface area contributed by atoms with E-state index in [0.29, 0.717) is 99.3 Å². The molecule has 2 fully saturated rings. The predicted octanol–water partition coefficient (Wildman–Crippen LogP) is 6.00. The first kappa shape index (κ1) is 54.7. The summed E-state index contributed by atoms with van der Waals surface area (Å²) in [5.41, 5.74) is 10.4. The Morgan fingerprint density at radius 3 is 2.28 bits per heavy atom. The fourth-order valence-corrected chi connectivity index (χ4v) is 9.14. The van der Waals surface area contributed by atoms with E-state index in [-0.39, 0.29) is 61.3 Å². The van der Waals surface area contributed by atoms with Crippen LogP contribution >= 0.6 is 0 Å². The van der Waals surface area contributed by atoms with Gasteiger partial charge in [0.1, 0.15) is 17.6 Å². The Kier molecular flexibility index (Phi) is 20.2. The molecule has 19 nitrogen and oxygen atoms in total. The van der Waals surface area contributed by atoms with Gasteiger partial charge in [0.2, 0.25) is 17.7 Å². The molecule has 1 aromatic heterocycles. The number of nitrogens with two attached hydrogens (primary N) is 1. The van der Waals surface area contributed by atoms with Crippen LogP contribution in [-0.2, 0) is 35.1 Å². The maximum Gasteiger partial charge on any atom is 0.255 e. The Morgan fingerprint density at radius 1 is 0.851 bits per heavy atom.